The fourth-order valence-electron chi connectivity index (χ4n) is 7.26. The predicted molar refractivity (Wildman–Crippen MR) is 282 cm³/mol. The molecule has 15 nitrogen and oxygen atoms in total. The van der Waals surface area contributed by atoms with Crippen molar-refractivity contribution in [3.8, 4) is 0 Å². The second kappa shape index (κ2) is 47.2. The molecule has 0 aliphatic rings. The second-order valence-corrected chi connectivity index (χ2v) is 24.2. The van der Waals surface area contributed by atoms with Gasteiger partial charge >= 0.3 is 21.6 Å². The summed E-state index contributed by atoms with van der Waals surface area (Å²) in [5.41, 5.74) is 0. The number of hydrogen-bond acceptors (Lipinski definition) is 11. The number of aliphatic hydroxyl groups excluding tert-OH is 2. The van der Waals surface area contributed by atoms with E-state index in [9.17, 15) is 33.9 Å². The number of phosphoric acid groups is 2. The highest BCUT2D eigenvalue weighted by Crippen LogP contribution is 2.43. The molecular weight excluding hydrogens is 923 g/mol. The molecule has 4 atom stereocenters. The lowest BCUT2D eigenvalue weighted by Gasteiger charge is -2.24. The molecule has 0 aliphatic heterocycles. The average molecular weight is 1040 g/mol. The van der Waals surface area contributed by atoms with E-state index in [0.717, 1.165) is 32.1 Å². The average Bonchev–Trinajstić information content (AvgIpc) is 3.27. The Morgan fingerprint density at radius 1 is 0.406 bits per heavy atom. The van der Waals surface area contributed by atoms with Crippen LogP contribution in [0.2, 0.25) is 0 Å². The highest BCUT2D eigenvalue weighted by atomic mass is 31.2. The first-order valence-electron chi connectivity index (χ1n) is 27.7. The Morgan fingerprint density at radius 3 is 1.01 bits per heavy atom. The van der Waals surface area contributed by atoms with Crippen molar-refractivity contribution in [3.05, 3.63) is 0 Å². The number of aliphatic hydroxyl groups is 2. The molecule has 0 rings (SSSR count). The van der Waals surface area contributed by atoms with E-state index in [1.165, 1.54) is 167 Å². The molecule has 4 N–H and O–H groups in total. The normalized spacial score (nSPS) is 14.7. The van der Waals surface area contributed by atoms with E-state index in [1.54, 1.807) is 0 Å². The Hall–Kier alpha value is -0.510. The van der Waals surface area contributed by atoms with Gasteiger partial charge < -0.3 is 38.4 Å². The molecule has 0 spiro atoms. The molecule has 17 heteroatoms. The number of unbranched alkanes of at least 4 members (excludes halogenated alkanes) is 29. The molecule has 0 saturated carbocycles. The van der Waals surface area contributed by atoms with Crippen LogP contribution in [-0.4, -0.2) is 149 Å². The van der Waals surface area contributed by atoms with Crippen molar-refractivity contribution >= 4 is 21.6 Å². The Labute approximate surface area is 423 Å². The number of quaternary nitrogens is 2. The van der Waals surface area contributed by atoms with Gasteiger partial charge in [-0.05, 0) is 12.8 Å². The number of ether oxygens (including phenoxy) is 2. The van der Waals surface area contributed by atoms with Gasteiger partial charge in [0.1, 0.15) is 45.1 Å². The van der Waals surface area contributed by atoms with Gasteiger partial charge in [0.15, 0.2) is 0 Å². The van der Waals surface area contributed by atoms with Crippen LogP contribution in [0.4, 0.5) is 0 Å². The van der Waals surface area contributed by atoms with E-state index in [0.29, 0.717) is 35.1 Å². The van der Waals surface area contributed by atoms with Crippen molar-refractivity contribution in [1.29, 1.82) is 0 Å². The van der Waals surface area contributed by atoms with Crippen LogP contribution in [0.15, 0.2) is 0 Å². The van der Waals surface area contributed by atoms with Crippen LogP contribution >= 0.6 is 15.6 Å². The third-order valence-corrected chi connectivity index (χ3v) is 13.7. The topological polar surface area (TPSA) is 188 Å². The molecule has 0 saturated heterocycles. The summed E-state index contributed by atoms with van der Waals surface area (Å²) in [4.78, 5) is 31.1. The molecule has 4 unspecified atom stereocenters. The van der Waals surface area contributed by atoms with Gasteiger partial charge in [-0.1, -0.05) is 200 Å². The number of esters is 1. The van der Waals surface area contributed by atoms with Crippen LogP contribution < -0.4 is 0 Å². The van der Waals surface area contributed by atoms with Gasteiger partial charge in [0, 0.05) is 13.0 Å². The standard InChI is InChI=1S/C26H54NO7P.C26H56NO6P/c1-5-6-7-8-9-10-11-12-13-14-15-16-17-18-19-20-26(29)32-23-25(28)24-34-35(30,31)33-22-21-27(2,3)4;1-5-6-7-8-9-10-11-12-13-14-15-16-17-18-19-20-22-31-24-26(28)25-33-34(29,30)32-23-21-27(2,3)4/h25,28H,5-24H2,1-4H3;26,28H,5-25H2,1-4H3/p+2. The van der Waals surface area contributed by atoms with E-state index >= 15 is 0 Å². The molecule has 0 aromatic heterocycles. The van der Waals surface area contributed by atoms with E-state index in [-0.39, 0.29) is 39.0 Å². The number of nitrogens with zero attached hydrogens (tertiary/aromatic N) is 2. The second-order valence-electron chi connectivity index (χ2n) is 21.3. The van der Waals surface area contributed by atoms with E-state index in [4.69, 9.17) is 27.6 Å². The number of carbonyl (C=O) groups excluding carboxylic acids is 1. The number of hydrogen-bond donors (Lipinski definition) is 4. The Bertz CT molecular complexity index is 1220. The summed E-state index contributed by atoms with van der Waals surface area (Å²) in [6.07, 6.45) is 38.5. The zero-order chi connectivity index (χ0) is 52.0. The van der Waals surface area contributed by atoms with Crippen LogP contribution in [0.25, 0.3) is 0 Å². The van der Waals surface area contributed by atoms with Crippen molar-refractivity contribution in [3.63, 3.8) is 0 Å². The lowest BCUT2D eigenvalue weighted by molar-refractivity contribution is -0.870. The minimum atomic E-state index is -4.24. The number of likely N-dealkylation sites (N-methyl/N-ethyl adjacent to an activating group) is 2. The van der Waals surface area contributed by atoms with Crippen LogP contribution in [0.1, 0.15) is 219 Å². The Morgan fingerprint density at radius 2 is 0.696 bits per heavy atom. The van der Waals surface area contributed by atoms with Gasteiger partial charge in [-0.15, -0.1) is 0 Å². The minimum absolute atomic E-state index is 0.0572. The maximum atomic E-state index is 11.8. The van der Waals surface area contributed by atoms with E-state index in [1.807, 2.05) is 42.3 Å². The van der Waals surface area contributed by atoms with Gasteiger partial charge in [0.25, 0.3) is 0 Å². The van der Waals surface area contributed by atoms with Gasteiger partial charge in [0.2, 0.25) is 0 Å². The highest BCUT2D eigenvalue weighted by molar-refractivity contribution is 7.47. The maximum Gasteiger partial charge on any atom is 0.472 e. The lowest BCUT2D eigenvalue weighted by atomic mass is 10.0. The van der Waals surface area contributed by atoms with Crippen LogP contribution in [0.5, 0.6) is 0 Å². The first kappa shape index (κ1) is 70.6. The maximum absolute atomic E-state index is 11.8. The molecule has 0 heterocycles. The first-order chi connectivity index (χ1) is 32.7. The zero-order valence-electron chi connectivity index (χ0n) is 45.9. The third-order valence-electron chi connectivity index (χ3n) is 11.8. The molecule has 0 amide bonds. The Kier molecular flexibility index (Phi) is 48.3. The summed E-state index contributed by atoms with van der Waals surface area (Å²) in [6.45, 7) is 5.51. The van der Waals surface area contributed by atoms with Crippen LogP contribution in [0, 0.1) is 0 Å². The first-order valence-corrected chi connectivity index (χ1v) is 30.6. The van der Waals surface area contributed by atoms with E-state index < -0.39 is 34.5 Å². The molecule has 0 bridgehead atoms. The molecule has 0 aromatic rings. The minimum Gasteiger partial charge on any atom is -0.463 e. The molecule has 0 aliphatic carbocycles. The lowest BCUT2D eigenvalue weighted by Crippen LogP contribution is -2.37. The van der Waals surface area contributed by atoms with Gasteiger partial charge in [-0.2, -0.15) is 0 Å². The van der Waals surface area contributed by atoms with Crippen molar-refractivity contribution in [2.75, 3.05) is 102 Å². The fourth-order valence-corrected chi connectivity index (χ4v) is 8.76. The van der Waals surface area contributed by atoms with Crippen molar-refractivity contribution < 1.29 is 70.5 Å². The molecule has 0 fully saturated rings. The summed E-state index contributed by atoms with van der Waals surface area (Å²) in [6, 6.07) is 0. The van der Waals surface area contributed by atoms with Gasteiger partial charge in [-0.3, -0.25) is 22.9 Å². The van der Waals surface area contributed by atoms with Gasteiger partial charge in [-0.25, -0.2) is 9.13 Å². The zero-order valence-corrected chi connectivity index (χ0v) is 47.7. The molecule has 0 aromatic carbocycles. The Balaban J connectivity index is 0. The van der Waals surface area contributed by atoms with Crippen molar-refractivity contribution in [1.82, 2.24) is 0 Å². The number of phosphoric ester groups is 2. The smallest absolute Gasteiger partial charge is 0.463 e. The van der Waals surface area contributed by atoms with Gasteiger partial charge in [0.05, 0.1) is 62.1 Å². The van der Waals surface area contributed by atoms with Crippen molar-refractivity contribution in [2.45, 2.75) is 232 Å². The van der Waals surface area contributed by atoms with Crippen LogP contribution in [0.3, 0.4) is 0 Å². The fraction of sp³-hybridized carbons (Fsp3) is 0.981. The highest BCUT2D eigenvalue weighted by Gasteiger charge is 2.25. The van der Waals surface area contributed by atoms with Crippen LogP contribution in [-0.2, 0) is 41.5 Å². The summed E-state index contributed by atoms with van der Waals surface area (Å²) in [5, 5.41) is 19.7. The summed E-state index contributed by atoms with van der Waals surface area (Å²) in [7, 11) is 3.33. The summed E-state index contributed by atoms with van der Waals surface area (Å²) < 4.78 is 54.7. The van der Waals surface area contributed by atoms with Crippen molar-refractivity contribution in [2.24, 2.45) is 0 Å². The number of rotatable bonds is 51. The SMILES string of the molecule is CCCCCCCCCCCCCCCCCC(=O)OCC(O)COP(=O)(O)OCC[N+](C)(C)C.CCCCCCCCCCCCCCCCCCOCC(O)COP(=O)(O)OCC[N+](C)(C)C. The largest absolute Gasteiger partial charge is 0.472 e. The third kappa shape index (κ3) is 59.9. The molecule has 0 radical (unpaired) electrons. The predicted octanol–water partition coefficient (Wildman–Crippen LogP) is 12.5. The summed E-state index contributed by atoms with van der Waals surface area (Å²) >= 11 is 0. The molecular formula is C52H112N2O13P2+2. The summed E-state index contributed by atoms with van der Waals surface area (Å²) in [5.74, 6) is -0.370. The molecule has 69 heavy (non-hydrogen) atoms. The number of carbonyl (C=O) groups is 1. The molecule has 416 valence electrons. The monoisotopic (exact) mass is 1030 g/mol. The quantitative estimate of drug-likeness (QED) is 0.0195. The van der Waals surface area contributed by atoms with E-state index in [2.05, 4.69) is 13.8 Å².